The van der Waals surface area contributed by atoms with Gasteiger partial charge >= 0.3 is 5.97 Å². The van der Waals surface area contributed by atoms with Gasteiger partial charge < -0.3 is 10.0 Å². The standard InChI is InChI=1S/C11H11F2N3O2S/c1-15(6-8(12)13)10-7(2-3-9(17)18)16-4-5-19-11(16)14-10/h2-5,8H,6H2,1H3,(H,17,18)/b3-2+. The fraction of sp³-hybridized carbons (Fsp3) is 0.273. The fourth-order valence-corrected chi connectivity index (χ4v) is 2.39. The zero-order valence-electron chi connectivity index (χ0n) is 9.96. The number of carboxylic acid groups (broad SMARTS) is 1. The molecule has 0 saturated heterocycles. The second-order valence-electron chi connectivity index (χ2n) is 3.82. The molecule has 0 atom stereocenters. The number of rotatable bonds is 5. The number of imidazole rings is 1. The molecule has 0 spiro atoms. The van der Waals surface area contributed by atoms with E-state index in [2.05, 4.69) is 4.98 Å². The lowest BCUT2D eigenvalue weighted by molar-refractivity contribution is -0.131. The maximum atomic E-state index is 12.4. The van der Waals surface area contributed by atoms with Gasteiger partial charge in [0.1, 0.15) is 0 Å². The summed E-state index contributed by atoms with van der Waals surface area (Å²) in [5.74, 6) is -0.766. The maximum Gasteiger partial charge on any atom is 0.328 e. The molecular formula is C11H11F2N3O2S. The molecule has 8 heteroatoms. The van der Waals surface area contributed by atoms with Gasteiger partial charge in [0.05, 0.1) is 12.2 Å². The minimum Gasteiger partial charge on any atom is -0.478 e. The lowest BCUT2D eigenvalue weighted by Crippen LogP contribution is -2.25. The molecule has 0 unspecified atom stereocenters. The first kappa shape index (κ1) is 13.5. The summed E-state index contributed by atoms with van der Waals surface area (Å²) in [6.07, 6.45) is 1.54. The molecule has 1 N–H and O–H groups in total. The van der Waals surface area contributed by atoms with Gasteiger partial charge in [-0.2, -0.15) is 0 Å². The molecule has 0 aromatic carbocycles. The Morgan fingerprint density at radius 1 is 1.68 bits per heavy atom. The van der Waals surface area contributed by atoms with E-state index in [4.69, 9.17) is 5.11 Å². The minimum atomic E-state index is -2.49. The molecule has 0 aliphatic carbocycles. The molecule has 2 aromatic heterocycles. The van der Waals surface area contributed by atoms with Crippen molar-refractivity contribution in [2.45, 2.75) is 6.43 Å². The van der Waals surface area contributed by atoms with Gasteiger partial charge in [-0.1, -0.05) is 0 Å². The van der Waals surface area contributed by atoms with Crippen LogP contribution < -0.4 is 4.90 Å². The Bertz CT molecular complexity index is 621. The Morgan fingerprint density at radius 3 is 3.05 bits per heavy atom. The number of anilines is 1. The maximum absolute atomic E-state index is 12.4. The number of carboxylic acids is 1. The quantitative estimate of drug-likeness (QED) is 0.856. The van der Waals surface area contributed by atoms with Crippen molar-refractivity contribution in [3.63, 3.8) is 0 Å². The first-order chi connectivity index (χ1) is 8.99. The topological polar surface area (TPSA) is 57.8 Å². The number of hydrogen-bond donors (Lipinski definition) is 1. The van der Waals surface area contributed by atoms with Gasteiger partial charge in [0.25, 0.3) is 6.43 Å². The van der Waals surface area contributed by atoms with E-state index in [1.807, 2.05) is 0 Å². The number of halogens is 2. The molecule has 0 amide bonds. The normalized spacial score (nSPS) is 11.8. The van der Waals surface area contributed by atoms with Crippen molar-refractivity contribution in [3.05, 3.63) is 23.3 Å². The number of carbonyl (C=O) groups is 1. The monoisotopic (exact) mass is 287 g/mol. The Balaban J connectivity index is 2.44. The molecule has 0 radical (unpaired) electrons. The van der Waals surface area contributed by atoms with Crippen molar-refractivity contribution in [3.8, 4) is 0 Å². The van der Waals surface area contributed by atoms with E-state index < -0.39 is 18.9 Å². The third kappa shape index (κ3) is 2.90. The van der Waals surface area contributed by atoms with Crippen molar-refractivity contribution < 1.29 is 18.7 Å². The van der Waals surface area contributed by atoms with Gasteiger partial charge in [0.15, 0.2) is 10.8 Å². The van der Waals surface area contributed by atoms with Crippen LogP contribution in [0.1, 0.15) is 5.69 Å². The Labute approximate surface area is 111 Å². The SMILES string of the molecule is CN(CC(F)F)c1nc2sccn2c1/C=C/C(=O)O. The van der Waals surface area contributed by atoms with Gasteiger partial charge in [-0.15, -0.1) is 11.3 Å². The number of aliphatic carboxylic acids is 1. The molecule has 102 valence electrons. The van der Waals surface area contributed by atoms with Crippen molar-refractivity contribution >= 4 is 34.2 Å². The smallest absolute Gasteiger partial charge is 0.328 e. The second-order valence-corrected chi connectivity index (χ2v) is 4.69. The second kappa shape index (κ2) is 5.35. The zero-order valence-corrected chi connectivity index (χ0v) is 10.8. The average Bonchev–Trinajstić information content (AvgIpc) is 2.84. The van der Waals surface area contributed by atoms with Crippen LogP contribution in [0.25, 0.3) is 11.0 Å². The Kier molecular flexibility index (Phi) is 3.79. The van der Waals surface area contributed by atoms with E-state index in [0.29, 0.717) is 16.5 Å². The van der Waals surface area contributed by atoms with E-state index in [9.17, 15) is 13.6 Å². The Hall–Kier alpha value is -1.96. The number of hydrogen-bond acceptors (Lipinski definition) is 4. The molecule has 2 rings (SSSR count). The van der Waals surface area contributed by atoms with Crippen LogP contribution in [0.3, 0.4) is 0 Å². The van der Waals surface area contributed by atoms with E-state index in [1.165, 1.54) is 29.4 Å². The predicted molar refractivity (Wildman–Crippen MR) is 69.0 cm³/mol. The Morgan fingerprint density at radius 2 is 2.42 bits per heavy atom. The highest BCUT2D eigenvalue weighted by Gasteiger charge is 2.17. The van der Waals surface area contributed by atoms with Gasteiger partial charge in [0.2, 0.25) is 0 Å². The van der Waals surface area contributed by atoms with Gasteiger partial charge in [0, 0.05) is 24.7 Å². The number of fused-ring (bicyclic) bond motifs is 1. The van der Waals surface area contributed by atoms with Gasteiger partial charge in [-0.05, 0) is 6.08 Å². The highest BCUT2D eigenvalue weighted by Crippen LogP contribution is 2.25. The van der Waals surface area contributed by atoms with Crippen LogP contribution in [0.2, 0.25) is 0 Å². The van der Waals surface area contributed by atoms with Crippen LogP contribution in [-0.2, 0) is 4.79 Å². The first-order valence-electron chi connectivity index (χ1n) is 5.35. The van der Waals surface area contributed by atoms with Crippen LogP contribution in [0, 0.1) is 0 Å². The van der Waals surface area contributed by atoms with Gasteiger partial charge in [-0.25, -0.2) is 18.6 Å². The van der Waals surface area contributed by atoms with E-state index in [-0.39, 0.29) is 0 Å². The molecule has 19 heavy (non-hydrogen) atoms. The molecule has 0 fully saturated rings. The molecule has 2 heterocycles. The number of thiazole rings is 1. The third-order valence-electron chi connectivity index (χ3n) is 2.44. The summed E-state index contributed by atoms with van der Waals surface area (Å²) in [4.78, 5) is 16.8. The van der Waals surface area contributed by atoms with E-state index in [1.54, 1.807) is 16.0 Å². The molecule has 0 saturated carbocycles. The van der Waals surface area contributed by atoms with Crippen LogP contribution in [0.5, 0.6) is 0 Å². The molecule has 0 bridgehead atoms. The molecule has 5 nitrogen and oxygen atoms in total. The third-order valence-corrected chi connectivity index (χ3v) is 3.19. The number of alkyl halides is 2. The van der Waals surface area contributed by atoms with Crippen molar-refractivity contribution in [2.24, 2.45) is 0 Å². The summed E-state index contributed by atoms with van der Waals surface area (Å²) in [5.41, 5.74) is 0.474. The molecular weight excluding hydrogens is 276 g/mol. The minimum absolute atomic E-state index is 0.338. The van der Waals surface area contributed by atoms with E-state index in [0.717, 1.165) is 6.08 Å². The first-order valence-corrected chi connectivity index (χ1v) is 6.23. The van der Waals surface area contributed by atoms with Crippen LogP contribution in [-0.4, -0.2) is 40.5 Å². The lowest BCUT2D eigenvalue weighted by Gasteiger charge is -2.16. The van der Waals surface area contributed by atoms with E-state index >= 15 is 0 Å². The highest BCUT2D eigenvalue weighted by molar-refractivity contribution is 7.15. The summed E-state index contributed by atoms with van der Waals surface area (Å²) >= 11 is 1.35. The summed E-state index contributed by atoms with van der Waals surface area (Å²) in [6.45, 7) is -0.460. The average molecular weight is 287 g/mol. The molecule has 0 aliphatic rings. The van der Waals surface area contributed by atoms with Crippen LogP contribution in [0.4, 0.5) is 14.6 Å². The molecule has 0 aliphatic heterocycles. The number of nitrogens with zero attached hydrogens (tertiary/aromatic N) is 3. The van der Waals surface area contributed by atoms with Crippen LogP contribution in [0.15, 0.2) is 17.7 Å². The summed E-state index contributed by atoms with van der Waals surface area (Å²) in [6, 6.07) is 0. The van der Waals surface area contributed by atoms with Crippen molar-refractivity contribution in [1.29, 1.82) is 0 Å². The van der Waals surface area contributed by atoms with Gasteiger partial charge in [-0.3, -0.25) is 4.40 Å². The number of aromatic nitrogens is 2. The lowest BCUT2D eigenvalue weighted by atomic mass is 10.3. The largest absolute Gasteiger partial charge is 0.478 e. The fourth-order valence-electron chi connectivity index (χ4n) is 1.67. The van der Waals surface area contributed by atoms with Crippen LogP contribution >= 0.6 is 11.3 Å². The highest BCUT2D eigenvalue weighted by atomic mass is 32.1. The van der Waals surface area contributed by atoms with Crippen molar-refractivity contribution in [1.82, 2.24) is 9.38 Å². The van der Waals surface area contributed by atoms with Crippen molar-refractivity contribution in [2.75, 3.05) is 18.5 Å². The zero-order chi connectivity index (χ0) is 14.0. The molecule has 2 aromatic rings. The summed E-state index contributed by atoms with van der Waals surface area (Å²) < 4.78 is 26.5. The summed E-state index contributed by atoms with van der Waals surface area (Å²) in [5, 5.41) is 10.5. The predicted octanol–water partition coefficient (Wildman–Crippen LogP) is 2.19. The summed E-state index contributed by atoms with van der Waals surface area (Å²) in [7, 11) is 1.50.